The van der Waals surface area contributed by atoms with Crippen LogP contribution in [0.5, 0.6) is 0 Å². The monoisotopic (exact) mass is 286 g/mol. The number of aryl methyl sites for hydroxylation is 1. The first-order valence-corrected chi connectivity index (χ1v) is 6.17. The molecule has 0 spiro atoms. The molecule has 2 heterocycles. The molecule has 1 aromatic rings. The minimum atomic E-state index is -0.0753. The zero-order chi connectivity index (χ0) is 11.5. The van der Waals surface area contributed by atoms with Crippen molar-refractivity contribution in [3.63, 3.8) is 0 Å². The smallest absolute Gasteiger partial charge is 0.255 e. The molecule has 0 aromatic carbocycles. The van der Waals surface area contributed by atoms with Crippen molar-refractivity contribution in [3.8, 4) is 0 Å². The lowest BCUT2D eigenvalue weighted by atomic mass is 10.2. The first kappa shape index (κ1) is 11.6. The van der Waals surface area contributed by atoms with Crippen LogP contribution < -0.4 is 10.6 Å². The molecule has 1 aromatic heterocycles. The summed E-state index contributed by atoms with van der Waals surface area (Å²) in [7, 11) is 1.79. The predicted octanol–water partition coefficient (Wildman–Crippen LogP) is 0.664. The predicted molar refractivity (Wildman–Crippen MR) is 64.3 cm³/mol. The Hall–Kier alpha value is -0.880. The Kier molecular flexibility index (Phi) is 3.60. The van der Waals surface area contributed by atoms with E-state index in [0.717, 1.165) is 13.0 Å². The van der Waals surface area contributed by atoms with Crippen molar-refractivity contribution in [1.29, 1.82) is 0 Å². The molecule has 0 bridgehead atoms. The Bertz CT molecular complexity index is 384. The molecule has 88 valence electrons. The highest BCUT2D eigenvalue weighted by Crippen LogP contribution is 2.14. The number of rotatable bonds is 3. The van der Waals surface area contributed by atoms with Gasteiger partial charge in [-0.25, -0.2) is 0 Å². The van der Waals surface area contributed by atoms with E-state index < -0.39 is 0 Å². The summed E-state index contributed by atoms with van der Waals surface area (Å²) in [6.45, 7) is 1.73. The van der Waals surface area contributed by atoms with E-state index in [9.17, 15) is 4.79 Å². The number of amides is 1. The van der Waals surface area contributed by atoms with Gasteiger partial charge in [-0.2, -0.15) is 5.10 Å². The largest absolute Gasteiger partial charge is 0.350 e. The second kappa shape index (κ2) is 4.97. The second-order valence-corrected chi connectivity index (χ2v) is 4.73. The molecule has 1 fully saturated rings. The number of carbonyl (C=O) groups is 1. The molecule has 2 N–H and O–H groups in total. The van der Waals surface area contributed by atoms with Crippen molar-refractivity contribution in [3.05, 3.63) is 16.4 Å². The lowest BCUT2D eigenvalue weighted by Crippen LogP contribution is -2.37. The zero-order valence-electron chi connectivity index (χ0n) is 9.16. The Morgan fingerprint density at radius 3 is 3.19 bits per heavy atom. The van der Waals surface area contributed by atoms with Crippen LogP contribution in [0.25, 0.3) is 0 Å². The van der Waals surface area contributed by atoms with Crippen LogP contribution in [0.15, 0.2) is 10.8 Å². The fourth-order valence-electron chi connectivity index (χ4n) is 1.82. The average Bonchev–Trinajstić information content (AvgIpc) is 2.88. The number of nitrogens with zero attached hydrogens (tertiary/aromatic N) is 2. The standard InChI is InChI=1S/C10H15BrN4O/c1-15-9(11)8(6-14-15)10(16)13-5-7-3-2-4-12-7/h6-7,12H,2-5H2,1H3,(H,13,16). The Morgan fingerprint density at radius 2 is 2.62 bits per heavy atom. The molecular weight excluding hydrogens is 272 g/mol. The molecule has 1 amide bonds. The van der Waals surface area contributed by atoms with E-state index in [-0.39, 0.29) is 5.91 Å². The summed E-state index contributed by atoms with van der Waals surface area (Å²) in [6.07, 6.45) is 3.90. The van der Waals surface area contributed by atoms with Crippen LogP contribution in [0.2, 0.25) is 0 Å². The van der Waals surface area contributed by atoms with Gasteiger partial charge in [0.15, 0.2) is 0 Å². The first-order chi connectivity index (χ1) is 7.68. The van der Waals surface area contributed by atoms with Gasteiger partial charge in [-0.15, -0.1) is 0 Å². The van der Waals surface area contributed by atoms with Gasteiger partial charge in [0.1, 0.15) is 4.60 Å². The molecule has 5 nitrogen and oxygen atoms in total. The summed E-state index contributed by atoms with van der Waals surface area (Å²) in [5.41, 5.74) is 0.584. The Labute approximate surface area is 103 Å². The number of hydrogen-bond acceptors (Lipinski definition) is 3. The molecule has 1 aliphatic heterocycles. The van der Waals surface area contributed by atoms with Gasteiger partial charge >= 0.3 is 0 Å². The van der Waals surface area contributed by atoms with Crippen molar-refractivity contribution >= 4 is 21.8 Å². The van der Waals surface area contributed by atoms with Gasteiger partial charge in [0, 0.05) is 19.6 Å². The molecule has 1 atom stereocenters. The van der Waals surface area contributed by atoms with Gasteiger partial charge in [0.25, 0.3) is 5.91 Å². The summed E-state index contributed by atoms with van der Waals surface area (Å²) >= 11 is 3.33. The maximum absolute atomic E-state index is 11.8. The van der Waals surface area contributed by atoms with E-state index in [1.54, 1.807) is 17.9 Å². The molecule has 1 unspecified atom stereocenters. The average molecular weight is 287 g/mol. The van der Waals surface area contributed by atoms with Crippen molar-refractivity contribution < 1.29 is 4.79 Å². The highest BCUT2D eigenvalue weighted by atomic mass is 79.9. The maximum Gasteiger partial charge on any atom is 0.255 e. The van der Waals surface area contributed by atoms with Crippen LogP contribution in [0, 0.1) is 0 Å². The van der Waals surface area contributed by atoms with Gasteiger partial charge in [-0.1, -0.05) is 0 Å². The van der Waals surface area contributed by atoms with Gasteiger partial charge in [-0.3, -0.25) is 9.48 Å². The second-order valence-electron chi connectivity index (χ2n) is 3.98. The molecule has 0 radical (unpaired) electrons. The van der Waals surface area contributed by atoms with Crippen molar-refractivity contribution in [2.45, 2.75) is 18.9 Å². The third-order valence-electron chi connectivity index (χ3n) is 2.78. The molecule has 6 heteroatoms. The van der Waals surface area contributed by atoms with Gasteiger partial charge < -0.3 is 10.6 Å². The van der Waals surface area contributed by atoms with E-state index in [0.29, 0.717) is 22.8 Å². The van der Waals surface area contributed by atoms with Gasteiger partial charge in [0.2, 0.25) is 0 Å². The summed E-state index contributed by atoms with van der Waals surface area (Å²) in [5.74, 6) is -0.0753. The molecular formula is C10H15BrN4O. The van der Waals surface area contributed by atoms with E-state index in [1.807, 2.05) is 0 Å². The summed E-state index contributed by atoms with van der Waals surface area (Å²) < 4.78 is 2.34. The lowest BCUT2D eigenvalue weighted by molar-refractivity contribution is 0.0949. The van der Waals surface area contributed by atoms with E-state index in [2.05, 4.69) is 31.7 Å². The van der Waals surface area contributed by atoms with Crippen LogP contribution in [-0.2, 0) is 7.05 Å². The number of halogens is 1. The van der Waals surface area contributed by atoms with Crippen LogP contribution in [0.1, 0.15) is 23.2 Å². The van der Waals surface area contributed by atoms with Crippen LogP contribution in [0.3, 0.4) is 0 Å². The normalized spacial score (nSPS) is 20.0. The summed E-state index contributed by atoms with van der Waals surface area (Å²) in [6, 6.07) is 0.416. The third-order valence-corrected chi connectivity index (χ3v) is 3.72. The van der Waals surface area contributed by atoms with E-state index >= 15 is 0 Å². The van der Waals surface area contributed by atoms with Crippen LogP contribution >= 0.6 is 15.9 Å². The zero-order valence-corrected chi connectivity index (χ0v) is 10.7. The first-order valence-electron chi connectivity index (χ1n) is 5.37. The molecule has 0 saturated carbocycles. The molecule has 2 rings (SSSR count). The van der Waals surface area contributed by atoms with E-state index in [4.69, 9.17) is 0 Å². The topological polar surface area (TPSA) is 59.0 Å². The van der Waals surface area contributed by atoms with Crippen molar-refractivity contribution in [1.82, 2.24) is 20.4 Å². The highest BCUT2D eigenvalue weighted by Gasteiger charge is 2.17. The quantitative estimate of drug-likeness (QED) is 0.859. The van der Waals surface area contributed by atoms with Crippen molar-refractivity contribution in [2.24, 2.45) is 7.05 Å². The number of carbonyl (C=O) groups excluding carboxylic acids is 1. The number of aromatic nitrogens is 2. The molecule has 1 saturated heterocycles. The van der Waals surface area contributed by atoms with Crippen LogP contribution in [0.4, 0.5) is 0 Å². The SMILES string of the molecule is Cn1ncc(C(=O)NCC2CCCN2)c1Br. The van der Waals surface area contributed by atoms with Crippen LogP contribution in [-0.4, -0.2) is 34.8 Å². The molecule has 16 heavy (non-hydrogen) atoms. The minimum Gasteiger partial charge on any atom is -0.350 e. The highest BCUT2D eigenvalue weighted by molar-refractivity contribution is 9.10. The number of hydrogen-bond donors (Lipinski definition) is 2. The Morgan fingerprint density at radius 1 is 1.81 bits per heavy atom. The number of nitrogens with one attached hydrogen (secondary N) is 2. The Balaban J connectivity index is 1.90. The summed E-state index contributed by atoms with van der Waals surface area (Å²) in [4.78, 5) is 11.8. The lowest BCUT2D eigenvalue weighted by Gasteiger charge is -2.10. The fraction of sp³-hybridized carbons (Fsp3) is 0.600. The van der Waals surface area contributed by atoms with E-state index in [1.165, 1.54) is 6.42 Å². The minimum absolute atomic E-state index is 0.0753. The summed E-state index contributed by atoms with van der Waals surface area (Å²) in [5, 5.41) is 10.3. The third kappa shape index (κ3) is 2.44. The van der Waals surface area contributed by atoms with Gasteiger partial charge in [0.05, 0.1) is 11.8 Å². The molecule has 1 aliphatic rings. The maximum atomic E-state index is 11.8. The van der Waals surface area contributed by atoms with Crippen molar-refractivity contribution in [2.75, 3.05) is 13.1 Å². The fourth-order valence-corrected chi connectivity index (χ4v) is 2.19. The molecule has 0 aliphatic carbocycles. The van der Waals surface area contributed by atoms with Gasteiger partial charge in [-0.05, 0) is 35.3 Å².